The van der Waals surface area contributed by atoms with E-state index in [9.17, 15) is 9.59 Å². The number of morpholine rings is 1. The van der Waals surface area contributed by atoms with Crippen molar-refractivity contribution < 1.29 is 14.3 Å². The van der Waals surface area contributed by atoms with E-state index in [0.29, 0.717) is 36.0 Å². The summed E-state index contributed by atoms with van der Waals surface area (Å²) in [4.78, 5) is 34.8. The fraction of sp³-hybridized carbons (Fsp3) is 0.217. The largest absolute Gasteiger partial charge is 0.378 e. The predicted octanol–water partition coefficient (Wildman–Crippen LogP) is 3.03. The molecule has 0 spiro atoms. The maximum absolute atomic E-state index is 12.3. The summed E-state index contributed by atoms with van der Waals surface area (Å²) in [6, 6.07) is 13.3. The van der Waals surface area contributed by atoms with Crippen molar-refractivity contribution in [2.45, 2.75) is 6.92 Å². The molecule has 32 heavy (non-hydrogen) atoms. The molecule has 164 valence electrons. The summed E-state index contributed by atoms with van der Waals surface area (Å²) in [5, 5.41) is 5.48. The van der Waals surface area contributed by atoms with Crippen LogP contribution in [-0.4, -0.2) is 48.2 Å². The number of aryl methyl sites for hydroxylation is 1. The first-order valence-electron chi connectivity index (χ1n) is 10.2. The molecular weight excluding hydrogens is 408 g/mol. The number of ether oxygens (including phenoxy) is 1. The zero-order valence-electron chi connectivity index (χ0n) is 17.7. The number of carbonyl (C=O) groups excluding carboxylic acids is 2. The van der Waals surface area contributed by atoms with E-state index >= 15 is 0 Å². The lowest BCUT2D eigenvalue weighted by Gasteiger charge is -2.29. The second-order valence-electron chi connectivity index (χ2n) is 7.40. The molecule has 0 aliphatic carbocycles. The first kappa shape index (κ1) is 21.3. The Morgan fingerprint density at radius 3 is 2.16 bits per heavy atom. The smallest absolute Gasteiger partial charge is 0.323 e. The molecule has 2 heterocycles. The Kier molecular flexibility index (Phi) is 6.27. The zero-order valence-corrected chi connectivity index (χ0v) is 17.7. The number of aromatic nitrogens is 2. The van der Waals surface area contributed by atoms with Crippen LogP contribution in [0.3, 0.4) is 0 Å². The number of rotatable bonds is 5. The number of anilines is 3. The minimum absolute atomic E-state index is 0.377. The molecule has 4 N–H and O–H groups in total. The van der Waals surface area contributed by atoms with Crippen LogP contribution in [-0.2, 0) is 4.74 Å². The molecule has 1 saturated heterocycles. The van der Waals surface area contributed by atoms with Crippen LogP contribution in [0.5, 0.6) is 0 Å². The van der Waals surface area contributed by atoms with E-state index < -0.39 is 11.9 Å². The molecule has 1 aliphatic heterocycles. The molecule has 0 radical (unpaired) electrons. The van der Waals surface area contributed by atoms with Crippen molar-refractivity contribution in [3.63, 3.8) is 0 Å². The molecule has 0 unspecified atom stereocenters. The van der Waals surface area contributed by atoms with Crippen LogP contribution in [0.15, 0.2) is 54.7 Å². The summed E-state index contributed by atoms with van der Waals surface area (Å²) in [6.07, 6.45) is 1.83. The average Bonchev–Trinajstić information content (AvgIpc) is 2.81. The highest BCUT2D eigenvalue weighted by atomic mass is 16.5. The molecular formula is C23H24N6O3. The van der Waals surface area contributed by atoms with Gasteiger partial charge in [-0.05, 0) is 55.5 Å². The molecule has 9 heteroatoms. The van der Waals surface area contributed by atoms with E-state index in [1.165, 1.54) is 0 Å². The molecule has 3 amide bonds. The van der Waals surface area contributed by atoms with Gasteiger partial charge in [0, 0.05) is 47.4 Å². The molecule has 4 rings (SSSR count). The Bertz CT molecular complexity index is 1110. The zero-order chi connectivity index (χ0) is 22.5. The number of primary amides is 1. The Morgan fingerprint density at radius 1 is 0.969 bits per heavy atom. The van der Waals surface area contributed by atoms with E-state index in [1.54, 1.807) is 36.4 Å². The summed E-state index contributed by atoms with van der Waals surface area (Å²) in [5.41, 5.74) is 8.65. The Hall–Kier alpha value is -3.98. The lowest BCUT2D eigenvalue weighted by Crippen LogP contribution is -2.37. The van der Waals surface area contributed by atoms with Gasteiger partial charge in [-0.25, -0.2) is 14.8 Å². The van der Waals surface area contributed by atoms with Gasteiger partial charge in [-0.3, -0.25) is 4.79 Å². The van der Waals surface area contributed by atoms with Crippen LogP contribution >= 0.6 is 0 Å². The van der Waals surface area contributed by atoms with Gasteiger partial charge in [-0.15, -0.1) is 0 Å². The second-order valence-corrected chi connectivity index (χ2v) is 7.40. The van der Waals surface area contributed by atoms with E-state index in [4.69, 9.17) is 15.5 Å². The van der Waals surface area contributed by atoms with Gasteiger partial charge >= 0.3 is 6.03 Å². The fourth-order valence-corrected chi connectivity index (χ4v) is 3.38. The molecule has 0 saturated carbocycles. The fourth-order valence-electron chi connectivity index (χ4n) is 3.38. The van der Waals surface area contributed by atoms with Crippen molar-refractivity contribution in [3.05, 3.63) is 65.9 Å². The van der Waals surface area contributed by atoms with Gasteiger partial charge in [0.25, 0.3) is 0 Å². The number of benzene rings is 2. The first-order valence-corrected chi connectivity index (χ1v) is 10.2. The number of nitrogens with one attached hydrogen (secondary N) is 2. The molecule has 0 bridgehead atoms. The molecule has 1 aromatic heterocycles. The van der Waals surface area contributed by atoms with Crippen molar-refractivity contribution in [2.75, 3.05) is 41.8 Å². The van der Waals surface area contributed by atoms with Crippen LogP contribution in [0.1, 0.15) is 15.9 Å². The third-order valence-electron chi connectivity index (χ3n) is 5.08. The van der Waals surface area contributed by atoms with Gasteiger partial charge in [0.1, 0.15) is 5.82 Å². The SMILES string of the molecule is Cc1cnc(-c2ccc(NC(=O)Nc3ccc(C(N)=O)cc3)cc2)nc1N1CCOCC1. The Labute approximate surface area is 185 Å². The van der Waals surface area contributed by atoms with Gasteiger partial charge in [0.15, 0.2) is 5.82 Å². The van der Waals surface area contributed by atoms with Crippen LogP contribution in [0.4, 0.5) is 22.0 Å². The highest BCUT2D eigenvalue weighted by molar-refractivity contribution is 6.00. The average molecular weight is 432 g/mol. The Balaban J connectivity index is 1.41. The van der Waals surface area contributed by atoms with Gasteiger partial charge in [-0.2, -0.15) is 0 Å². The molecule has 1 fully saturated rings. The highest BCUT2D eigenvalue weighted by Gasteiger charge is 2.16. The van der Waals surface area contributed by atoms with Gasteiger partial charge < -0.3 is 26.0 Å². The van der Waals surface area contributed by atoms with Crippen molar-refractivity contribution in [2.24, 2.45) is 5.73 Å². The molecule has 3 aromatic rings. The van der Waals surface area contributed by atoms with E-state index in [1.807, 2.05) is 25.3 Å². The lowest BCUT2D eigenvalue weighted by atomic mass is 10.2. The number of nitrogens with two attached hydrogens (primary N) is 1. The molecule has 9 nitrogen and oxygen atoms in total. The summed E-state index contributed by atoms with van der Waals surface area (Å²) in [7, 11) is 0. The van der Waals surface area contributed by atoms with Crippen LogP contribution < -0.4 is 21.3 Å². The van der Waals surface area contributed by atoms with E-state index in [0.717, 1.165) is 30.0 Å². The van der Waals surface area contributed by atoms with Gasteiger partial charge in [-0.1, -0.05) is 0 Å². The minimum Gasteiger partial charge on any atom is -0.378 e. The van der Waals surface area contributed by atoms with Crippen LogP contribution in [0.2, 0.25) is 0 Å². The first-order chi connectivity index (χ1) is 15.5. The summed E-state index contributed by atoms with van der Waals surface area (Å²) in [6.45, 7) is 5.00. The monoisotopic (exact) mass is 432 g/mol. The summed E-state index contributed by atoms with van der Waals surface area (Å²) >= 11 is 0. The molecule has 0 atom stereocenters. The third kappa shape index (κ3) is 5.01. The predicted molar refractivity (Wildman–Crippen MR) is 123 cm³/mol. The van der Waals surface area contributed by atoms with E-state index in [2.05, 4.69) is 20.5 Å². The minimum atomic E-state index is -0.518. The van der Waals surface area contributed by atoms with Crippen molar-refractivity contribution in [1.82, 2.24) is 9.97 Å². The normalized spacial score (nSPS) is 13.5. The second kappa shape index (κ2) is 9.44. The topological polar surface area (TPSA) is 122 Å². The number of hydrogen-bond acceptors (Lipinski definition) is 6. The lowest BCUT2D eigenvalue weighted by molar-refractivity contribution is 0.1000. The maximum Gasteiger partial charge on any atom is 0.323 e. The number of carbonyl (C=O) groups is 2. The summed E-state index contributed by atoms with van der Waals surface area (Å²) < 4.78 is 5.43. The van der Waals surface area contributed by atoms with Crippen LogP contribution in [0.25, 0.3) is 11.4 Å². The van der Waals surface area contributed by atoms with Crippen molar-refractivity contribution in [1.29, 1.82) is 0 Å². The number of nitrogens with zero attached hydrogens (tertiary/aromatic N) is 3. The van der Waals surface area contributed by atoms with E-state index in [-0.39, 0.29) is 0 Å². The Morgan fingerprint density at radius 2 is 1.56 bits per heavy atom. The number of urea groups is 1. The standard InChI is InChI=1S/C23H24N6O3/c1-15-14-25-21(28-22(15)29-10-12-32-13-11-29)17-4-8-19(9-5-17)27-23(31)26-18-6-2-16(3-7-18)20(24)30/h2-9,14H,10-13H2,1H3,(H2,24,30)(H2,26,27,31). The van der Waals surface area contributed by atoms with Gasteiger partial charge in [0.2, 0.25) is 5.91 Å². The van der Waals surface area contributed by atoms with Crippen molar-refractivity contribution >= 4 is 29.1 Å². The number of hydrogen-bond donors (Lipinski definition) is 3. The molecule has 2 aromatic carbocycles. The summed E-state index contributed by atoms with van der Waals surface area (Å²) in [5.74, 6) is 1.03. The maximum atomic E-state index is 12.3. The molecule has 1 aliphatic rings. The highest BCUT2D eigenvalue weighted by Crippen LogP contribution is 2.24. The van der Waals surface area contributed by atoms with Crippen LogP contribution in [0, 0.1) is 6.92 Å². The van der Waals surface area contributed by atoms with Gasteiger partial charge in [0.05, 0.1) is 13.2 Å². The quantitative estimate of drug-likeness (QED) is 0.570. The number of amides is 3. The third-order valence-corrected chi connectivity index (χ3v) is 5.08. The van der Waals surface area contributed by atoms with Crippen molar-refractivity contribution in [3.8, 4) is 11.4 Å².